The van der Waals surface area contributed by atoms with Crippen LogP contribution in [0.4, 0.5) is 0 Å². The maximum Gasteiger partial charge on any atom is 0.269 e. The van der Waals surface area contributed by atoms with Crippen molar-refractivity contribution in [3.05, 3.63) is 53.6 Å². The highest BCUT2D eigenvalue weighted by Crippen LogP contribution is 2.05. The van der Waals surface area contributed by atoms with Gasteiger partial charge >= 0.3 is 0 Å². The first kappa shape index (κ1) is 11.3. The number of hydrogen-bond donors (Lipinski definition) is 3. The van der Waals surface area contributed by atoms with E-state index in [4.69, 9.17) is 5.11 Å². The molecule has 1 aromatic carbocycles. The number of carbonyl (C=O) groups is 1. The van der Waals surface area contributed by atoms with Crippen LogP contribution < -0.4 is 5.32 Å². The summed E-state index contributed by atoms with van der Waals surface area (Å²) in [4.78, 5) is 18.1. The Kier molecular flexibility index (Phi) is 3.52. The van der Waals surface area contributed by atoms with E-state index in [1.165, 1.54) is 12.5 Å². The Morgan fingerprint density at radius 2 is 2.24 bits per heavy atom. The molecule has 0 bridgehead atoms. The third-order valence-electron chi connectivity index (χ3n) is 2.37. The van der Waals surface area contributed by atoms with Crippen molar-refractivity contribution in [2.45, 2.75) is 13.2 Å². The van der Waals surface area contributed by atoms with Crippen molar-refractivity contribution in [3.8, 4) is 0 Å². The van der Waals surface area contributed by atoms with Crippen LogP contribution in [0, 0.1) is 0 Å². The first-order valence-electron chi connectivity index (χ1n) is 5.25. The van der Waals surface area contributed by atoms with Crippen molar-refractivity contribution >= 4 is 5.91 Å². The fraction of sp³-hybridized carbons (Fsp3) is 0.167. The smallest absolute Gasteiger partial charge is 0.269 e. The number of aromatic nitrogens is 2. The molecule has 0 aliphatic carbocycles. The number of aliphatic hydroxyl groups is 1. The fourth-order valence-corrected chi connectivity index (χ4v) is 1.50. The van der Waals surface area contributed by atoms with Crippen molar-refractivity contribution in [3.63, 3.8) is 0 Å². The lowest BCUT2D eigenvalue weighted by Gasteiger charge is -2.05. The Morgan fingerprint density at radius 3 is 2.94 bits per heavy atom. The third kappa shape index (κ3) is 2.92. The number of imidazole rings is 1. The summed E-state index contributed by atoms with van der Waals surface area (Å²) >= 11 is 0. The molecule has 0 saturated carbocycles. The molecule has 2 rings (SSSR count). The van der Waals surface area contributed by atoms with Gasteiger partial charge in [-0.25, -0.2) is 4.98 Å². The number of carbonyl (C=O) groups excluding carboxylic acids is 1. The van der Waals surface area contributed by atoms with Gasteiger partial charge in [0.05, 0.1) is 19.1 Å². The second-order valence-corrected chi connectivity index (χ2v) is 3.63. The van der Waals surface area contributed by atoms with Crippen LogP contribution in [0.3, 0.4) is 0 Å². The Balaban J connectivity index is 1.95. The van der Waals surface area contributed by atoms with Crippen LogP contribution in [0.1, 0.15) is 21.6 Å². The molecule has 0 atom stereocenters. The maximum atomic E-state index is 11.6. The van der Waals surface area contributed by atoms with Gasteiger partial charge in [0.15, 0.2) is 0 Å². The Labute approximate surface area is 98.5 Å². The summed E-state index contributed by atoms with van der Waals surface area (Å²) in [5.74, 6) is -0.197. The molecule has 0 unspecified atom stereocenters. The third-order valence-corrected chi connectivity index (χ3v) is 2.37. The summed E-state index contributed by atoms with van der Waals surface area (Å²) in [5.41, 5.74) is 2.21. The lowest BCUT2D eigenvalue weighted by atomic mass is 10.1. The van der Waals surface area contributed by atoms with Crippen LogP contribution in [-0.4, -0.2) is 21.0 Å². The molecule has 1 amide bonds. The van der Waals surface area contributed by atoms with E-state index in [2.05, 4.69) is 15.3 Å². The Hall–Kier alpha value is -2.14. The quantitative estimate of drug-likeness (QED) is 0.729. The van der Waals surface area contributed by atoms with Gasteiger partial charge in [0, 0.05) is 6.54 Å². The van der Waals surface area contributed by atoms with Crippen LogP contribution in [0.5, 0.6) is 0 Å². The molecule has 0 aliphatic heterocycles. The summed E-state index contributed by atoms with van der Waals surface area (Å²) in [5, 5.41) is 11.7. The van der Waals surface area contributed by atoms with E-state index >= 15 is 0 Å². The second kappa shape index (κ2) is 5.27. The van der Waals surface area contributed by atoms with Crippen molar-refractivity contribution in [1.29, 1.82) is 0 Å². The molecule has 0 saturated heterocycles. The molecule has 0 spiro atoms. The first-order valence-corrected chi connectivity index (χ1v) is 5.25. The predicted molar refractivity (Wildman–Crippen MR) is 62.1 cm³/mol. The number of aromatic amines is 1. The monoisotopic (exact) mass is 231 g/mol. The maximum absolute atomic E-state index is 11.6. The van der Waals surface area contributed by atoms with Gasteiger partial charge in [-0.05, 0) is 11.1 Å². The summed E-state index contributed by atoms with van der Waals surface area (Å²) in [6, 6.07) is 7.43. The fourth-order valence-electron chi connectivity index (χ4n) is 1.50. The van der Waals surface area contributed by atoms with Crippen LogP contribution in [0.25, 0.3) is 0 Å². The van der Waals surface area contributed by atoms with Crippen molar-refractivity contribution in [2.75, 3.05) is 0 Å². The normalized spacial score (nSPS) is 10.2. The average molecular weight is 231 g/mol. The van der Waals surface area contributed by atoms with Gasteiger partial charge in [-0.1, -0.05) is 24.3 Å². The summed E-state index contributed by atoms with van der Waals surface area (Å²) in [6.07, 6.45) is 2.93. The molecule has 88 valence electrons. The van der Waals surface area contributed by atoms with E-state index in [0.29, 0.717) is 12.2 Å². The van der Waals surface area contributed by atoms with Gasteiger partial charge in [0.25, 0.3) is 5.91 Å². The number of hydrogen-bond acceptors (Lipinski definition) is 3. The first-order chi connectivity index (χ1) is 8.29. The van der Waals surface area contributed by atoms with Crippen LogP contribution >= 0.6 is 0 Å². The van der Waals surface area contributed by atoms with Gasteiger partial charge in [-0.3, -0.25) is 4.79 Å². The van der Waals surface area contributed by atoms with Crippen molar-refractivity contribution in [2.24, 2.45) is 0 Å². The standard InChI is InChI=1S/C12H13N3O2/c16-7-10-3-1-2-9(4-10)5-14-12(17)11-6-13-8-15-11/h1-4,6,8,16H,5,7H2,(H,13,15)(H,14,17). The minimum absolute atomic E-state index is 0.00232. The molecular formula is C12H13N3O2. The predicted octanol–water partition coefficient (Wildman–Crippen LogP) is 0.832. The minimum atomic E-state index is -0.197. The van der Waals surface area contributed by atoms with E-state index in [0.717, 1.165) is 11.1 Å². The zero-order valence-electron chi connectivity index (χ0n) is 9.18. The number of H-pyrrole nitrogens is 1. The minimum Gasteiger partial charge on any atom is -0.392 e. The number of benzene rings is 1. The largest absolute Gasteiger partial charge is 0.392 e. The highest BCUT2D eigenvalue weighted by Gasteiger charge is 2.05. The van der Waals surface area contributed by atoms with E-state index < -0.39 is 0 Å². The number of rotatable bonds is 4. The van der Waals surface area contributed by atoms with Gasteiger partial charge in [-0.2, -0.15) is 0 Å². The molecule has 17 heavy (non-hydrogen) atoms. The lowest BCUT2D eigenvalue weighted by Crippen LogP contribution is -2.23. The van der Waals surface area contributed by atoms with E-state index in [1.54, 1.807) is 0 Å². The summed E-state index contributed by atoms with van der Waals surface area (Å²) < 4.78 is 0. The summed E-state index contributed by atoms with van der Waals surface area (Å²) in [7, 11) is 0. The average Bonchev–Trinajstić information content (AvgIpc) is 2.90. The molecule has 5 heteroatoms. The number of nitrogens with zero attached hydrogens (tertiary/aromatic N) is 1. The molecule has 0 radical (unpaired) electrons. The van der Waals surface area contributed by atoms with Crippen LogP contribution in [0.2, 0.25) is 0 Å². The zero-order chi connectivity index (χ0) is 12.1. The van der Waals surface area contributed by atoms with Crippen LogP contribution in [-0.2, 0) is 13.2 Å². The highest BCUT2D eigenvalue weighted by atomic mass is 16.3. The molecule has 1 heterocycles. The number of amides is 1. The number of aliphatic hydroxyl groups excluding tert-OH is 1. The molecule has 5 nitrogen and oxygen atoms in total. The highest BCUT2D eigenvalue weighted by molar-refractivity contribution is 5.91. The van der Waals surface area contributed by atoms with Crippen LogP contribution in [0.15, 0.2) is 36.8 Å². The molecular weight excluding hydrogens is 218 g/mol. The molecule has 0 fully saturated rings. The van der Waals surface area contributed by atoms with E-state index in [-0.39, 0.29) is 12.5 Å². The Morgan fingerprint density at radius 1 is 1.41 bits per heavy atom. The molecule has 0 aliphatic rings. The molecule has 2 aromatic rings. The van der Waals surface area contributed by atoms with E-state index in [9.17, 15) is 4.79 Å². The van der Waals surface area contributed by atoms with E-state index in [1.807, 2.05) is 24.3 Å². The van der Waals surface area contributed by atoms with Gasteiger partial charge in [0.2, 0.25) is 0 Å². The molecule has 3 N–H and O–H groups in total. The van der Waals surface area contributed by atoms with Gasteiger partial charge in [-0.15, -0.1) is 0 Å². The topological polar surface area (TPSA) is 78.0 Å². The number of nitrogens with one attached hydrogen (secondary N) is 2. The van der Waals surface area contributed by atoms with Crippen molar-refractivity contribution in [1.82, 2.24) is 15.3 Å². The van der Waals surface area contributed by atoms with Crippen molar-refractivity contribution < 1.29 is 9.90 Å². The summed E-state index contributed by atoms with van der Waals surface area (Å²) in [6.45, 7) is 0.425. The van der Waals surface area contributed by atoms with Gasteiger partial charge in [0.1, 0.15) is 5.69 Å². The molecule has 1 aromatic heterocycles. The lowest BCUT2D eigenvalue weighted by molar-refractivity contribution is 0.0946. The zero-order valence-corrected chi connectivity index (χ0v) is 9.18. The SMILES string of the molecule is O=C(NCc1cccc(CO)c1)c1cnc[nH]1. The van der Waals surface area contributed by atoms with Gasteiger partial charge < -0.3 is 15.4 Å². The second-order valence-electron chi connectivity index (χ2n) is 3.63. The Bertz CT molecular complexity index is 494.